The molecule has 0 bridgehead atoms. The van der Waals surface area contributed by atoms with Crippen molar-refractivity contribution in [2.45, 2.75) is 58.6 Å². The van der Waals surface area contributed by atoms with Crippen LogP contribution in [0.1, 0.15) is 61.4 Å². The largest absolute Gasteiger partial charge is 0.444 e. The third-order valence-electron chi connectivity index (χ3n) is 7.27. The zero-order valence-corrected chi connectivity index (χ0v) is 22.6. The zero-order chi connectivity index (χ0) is 27.2. The molecular formula is C31H35F2N3O2. The van der Waals surface area contributed by atoms with Crippen LogP contribution in [-0.4, -0.2) is 34.3 Å². The van der Waals surface area contributed by atoms with Crippen LogP contribution in [0.2, 0.25) is 0 Å². The molecule has 5 nitrogen and oxygen atoms in total. The van der Waals surface area contributed by atoms with E-state index in [-0.39, 0.29) is 11.7 Å². The number of nitrogens with zero attached hydrogens (tertiary/aromatic N) is 3. The van der Waals surface area contributed by atoms with Gasteiger partial charge in [0.15, 0.2) is 0 Å². The number of alkyl halides is 2. The third-order valence-corrected chi connectivity index (χ3v) is 7.27. The fourth-order valence-electron chi connectivity index (χ4n) is 5.50. The molecule has 7 heteroatoms. The highest BCUT2D eigenvalue weighted by Gasteiger charge is 2.31. The minimum atomic E-state index is -2.60. The molecule has 2 aliphatic heterocycles. The summed E-state index contributed by atoms with van der Waals surface area (Å²) in [7, 11) is 1.89. The first-order valence-electron chi connectivity index (χ1n) is 13.1. The number of anilines is 2. The van der Waals surface area contributed by atoms with E-state index in [1.54, 1.807) is 11.0 Å². The van der Waals surface area contributed by atoms with Gasteiger partial charge in [0.1, 0.15) is 5.60 Å². The van der Waals surface area contributed by atoms with Crippen molar-refractivity contribution >= 4 is 23.5 Å². The lowest BCUT2D eigenvalue weighted by molar-refractivity contribution is 0.0224. The second-order valence-electron chi connectivity index (χ2n) is 11.2. The fraction of sp³-hybridized carbons (Fsp3) is 0.387. The molecule has 2 aliphatic rings. The molecule has 0 N–H and O–H groups in total. The lowest BCUT2D eigenvalue weighted by atomic mass is 9.90. The summed E-state index contributed by atoms with van der Waals surface area (Å²) in [6, 6.07) is 9.67. The number of aromatic nitrogens is 1. The van der Waals surface area contributed by atoms with E-state index >= 15 is 0 Å². The average Bonchev–Trinajstić information content (AvgIpc) is 3.31. The molecule has 200 valence electrons. The molecule has 5 rings (SSSR count). The van der Waals surface area contributed by atoms with Crippen LogP contribution < -0.4 is 4.90 Å². The van der Waals surface area contributed by atoms with Crippen molar-refractivity contribution in [3.63, 3.8) is 0 Å². The number of aryl methyl sites for hydroxylation is 2. The monoisotopic (exact) mass is 519 g/mol. The van der Waals surface area contributed by atoms with Gasteiger partial charge in [-0.05, 0) is 97.7 Å². The highest BCUT2D eigenvalue weighted by atomic mass is 19.3. The van der Waals surface area contributed by atoms with Gasteiger partial charge in [-0.3, -0.25) is 0 Å². The van der Waals surface area contributed by atoms with Crippen molar-refractivity contribution in [2.75, 3.05) is 18.0 Å². The number of benzene rings is 2. The lowest BCUT2D eigenvalue weighted by Crippen LogP contribution is -2.40. The van der Waals surface area contributed by atoms with E-state index in [1.807, 2.05) is 63.0 Å². The standard InChI is InChI=1S/C31H35F2N3O2/c1-6-20-14-21-10-13-35(30(37)38-31(2,3)4)19-26(21)28(15-20)36-11-7-8-22-16-24(23-9-12-34(5)18-23)25(29(32)33)17-27(22)36/h6,9,12,14-18,29H,1,7-8,10-11,13,19H2,2-5H3. The van der Waals surface area contributed by atoms with Gasteiger partial charge in [0.05, 0.1) is 6.54 Å². The van der Waals surface area contributed by atoms with Crippen molar-refractivity contribution in [1.29, 1.82) is 0 Å². The fourth-order valence-corrected chi connectivity index (χ4v) is 5.50. The number of ether oxygens (including phenoxy) is 1. The molecule has 0 aliphatic carbocycles. The number of amides is 1. The minimum absolute atomic E-state index is 0.0333. The van der Waals surface area contributed by atoms with E-state index in [0.29, 0.717) is 31.6 Å². The summed E-state index contributed by atoms with van der Waals surface area (Å²) in [5.74, 6) is 0. The van der Waals surface area contributed by atoms with Crippen LogP contribution in [0.25, 0.3) is 17.2 Å². The van der Waals surface area contributed by atoms with E-state index in [2.05, 4.69) is 23.6 Å². The Morgan fingerprint density at radius 3 is 2.53 bits per heavy atom. The van der Waals surface area contributed by atoms with Gasteiger partial charge in [0, 0.05) is 49.5 Å². The number of hydrogen-bond acceptors (Lipinski definition) is 3. The number of rotatable bonds is 4. The van der Waals surface area contributed by atoms with Crippen LogP contribution in [0.15, 0.2) is 49.3 Å². The van der Waals surface area contributed by atoms with Crippen molar-refractivity contribution in [3.8, 4) is 11.1 Å². The van der Waals surface area contributed by atoms with Crippen molar-refractivity contribution in [1.82, 2.24) is 9.47 Å². The van der Waals surface area contributed by atoms with Crippen LogP contribution in [0, 0.1) is 0 Å². The van der Waals surface area contributed by atoms with Crippen LogP contribution in [0.3, 0.4) is 0 Å². The smallest absolute Gasteiger partial charge is 0.410 e. The van der Waals surface area contributed by atoms with E-state index in [1.165, 1.54) is 0 Å². The van der Waals surface area contributed by atoms with Gasteiger partial charge < -0.3 is 19.1 Å². The molecule has 0 saturated carbocycles. The van der Waals surface area contributed by atoms with Crippen molar-refractivity contribution in [2.24, 2.45) is 7.05 Å². The number of fused-ring (bicyclic) bond motifs is 2. The molecule has 0 radical (unpaired) electrons. The highest BCUT2D eigenvalue weighted by Crippen LogP contribution is 2.43. The van der Waals surface area contributed by atoms with Crippen LogP contribution in [-0.2, 0) is 31.2 Å². The molecule has 0 fully saturated rings. The van der Waals surface area contributed by atoms with Crippen LogP contribution in [0.5, 0.6) is 0 Å². The molecule has 2 aromatic carbocycles. The first-order valence-corrected chi connectivity index (χ1v) is 13.1. The summed E-state index contributed by atoms with van der Waals surface area (Å²) in [5.41, 5.74) is 6.80. The number of carbonyl (C=O) groups is 1. The zero-order valence-electron chi connectivity index (χ0n) is 22.6. The molecule has 3 aromatic rings. The maximum Gasteiger partial charge on any atom is 0.410 e. The first-order chi connectivity index (χ1) is 18.0. The van der Waals surface area contributed by atoms with Gasteiger partial charge in [-0.2, -0.15) is 0 Å². The third kappa shape index (κ3) is 5.06. The number of halogens is 2. The van der Waals surface area contributed by atoms with E-state index < -0.39 is 12.0 Å². The summed E-state index contributed by atoms with van der Waals surface area (Å²) in [4.78, 5) is 16.8. The van der Waals surface area contributed by atoms with Gasteiger partial charge in [-0.15, -0.1) is 0 Å². The Labute approximate surface area is 223 Å². The molecule has 3 heterocycles. The molecular weight excluding hydrogens is 484 g/mol. The topological polar surface area (TPSA) is 37.7 Å². The lowest BCUT2D eigenvalue weighted by Gasteiger charge is -2.38. The molecule has 0 spiro atoms. The van der Waals surface area contributed by atoms with Crippen molar-refractivity contribution < 1.29 is 18.3 Å². The van der Waals surface area contributed by atoms with Gasteiger partial charge in [0.25, 0.3) is 6.43 Å². The van der Waals surface area contributed by atoms with Gasteiger partial charge in [0.2, 0.25) is 0 Å². The Bertz CT molecular complexity index is 1390. The molecule has 0 saturated heterocycles. The molecule has 1 amide bonds. The Hall–Kier alpha value is -3.61. The normalized spacial score (nSPS) is 15.3. The highest BCUT2D eigenvalue weighted by molar-refractivity contribution is 5.80. The summed E-state index contributed by atoms with van der Waals surface area (Å²) in [5, 5.41) is 0. The van der Waals surface area contributed by atoms with Crippen molar-refractivity contribution in [3.05, 3.63) is 77.1 Å². The summed E-state index contributed by atoms with van der Waals surface area (Å²) < 4.78 is 36.3. The van der Waals surface area contributed by atoms with Gasteiger partial charge in [-0.25, -0.2) is 13.6 Å². The maximum absolute atomic E-state index is 14.4. The SMILES string of the molecule is C=Cc1cc2c(c(N3CCCc4cc(-c5ccn(C)c5)c(C(F)F)cc43)c1)CN(C(=O)OC(C)(C)C)CC2. The average molecular weight is 520 g/mol. The number of hydrogen-bond donors (Lipinski definition) is 0. The molecule has 0 atom stereocenters. The number of carbonyl (C=O) groups excluding carboxylic acids is 1. The van der Waals surface area contributed by atoms with E-state index in [4.69, 9.17) is 4.74 Å². The Balaban J connectivity index is 1.60. The minimum Gasteiger partial charge on any atom is -0.444 e. The van der Waals surface area contributed by atoms with E-state index in [0.717, 1.165) is 52.0 Å². The molecule has 1 aromatic heterocycles. The first kappa shape index (κ1) is 26.0. The molecule has 38 heavy (non-hydrogen) atoms. The predicted molar refractivity (Wildman–Crippen MR) is 148 cm³/mol. The second kappa shape index (κ2) is 9.93. The quantitative estimate of drug-likeness (QED) is 0.355. The van der Waals surface area contributed by atoms with Gasteiger partial charge >= 0.3 is 6.09 Å². The maximum atomic E-state index is 14.4. The summed E-state index contributed by atoms with van der Waals surface area (Å²) in [6.45, 7) is 11.2. The van der Waals surface area contributed by atoms with Crippen LogP contribution in [0.4, 0.5) is 25.0 Å². The summed E-state index contributed by atoms with van der Waals surface area (Å²) in [6.07, 6.45) is 5.05. The van der Waals surface area contributed by atoms with Gasteiger partial charge in [-0.1, -0.05) is 18.7 Å². The molecule has 0 unspecified atom stereocenters. The predicted octanol–water partition coefficient (Wildman–Crippen LogP) is 7.65. The second-order valence-corrected chi connectivity index (χ2v) is 11.2. The Morgan fingerprint density at radius 1 is 1.08 bits per heavy atom. The van der Waals surface area contributed by atoms with Crippen LogP contribution >= 0.6 is 0 Å². The summed E-state index contributed by atoms with van der Waals surface area (Å²) >= 11 is 0. The Kier molecular flexibility index (Phi) is 6.80. The Morgan fingerprint density at radius 2 is 1.87 bits per heavy atom. The van der Waals surface area contributed by atoms with E-state index in [9.17, 15) is 13.6 Å².